The number of benzene rings is 1. The lowest BCUT2D eigenvalue weighted by molar-refractivity contribution is 1.22. The molecule has 0 heteroatoms. The molecule has 0 amide bonds. The van der Waals surface area contributed by atoms with Gasteiger partial charge in [0.15, 0.2) is 0 Å². The normalized spacial score (nSPS) is 15.9. The van der Waals surface area contributed by atoms with E-state index < -0.39 is 0 Å². The Morgan fingerprint density at radius 2 is 1.70 bits per heavy atom. The minimum absolute atomic E-state index is 0.981. The Balaban J connectivity index is 2.18. The van der Waals surface area contributed by atoms with Gasteiger partial charge in [-0.15, -0.1) is 0 Å². The third-order valence-electron chi connectivity index (χ3n) is 3.51. The van der Waals surface area contributed by atoms with E-state index >= 15 is 0 Å². The zero-order valence-electron chi connectivity index (χ0n) is 12.6. The molecule has 0 fully saturated rings. The van der Waals surface area contributed by atoms with Gasteiger partial charge >= 0.3 is 0 Å². The van der Waals surface area contributed by atoms with Crippen molar-refractivity contribution in [2.75, 3.05) is 0 Å². The maximum atomic E-state index is 3.97. The topological polar surface area (TPSA) is 0 Å². The van der Waals surface area contributed by atoms with Crippen LogP contribution >= 0.6 is 0 Å². The molecule has 0 bridgehead atoms. The van der Waals surface area contributed by atoms with Gasteiger partial charge in [-0.1, -0.05) is 72.4 Å². The van der Waals surface area contributed by atoms with E-state index in [4.69, 9.17) is 0 Å². The molecular formula is C20H22. The summed E-state index contributed by atoms with van der Waals surface area (Å²) in [5.41, 5.74) is 5.06. The van der Waals surface area contributed by atoms with Crippen LogP contribution in [0.25, 0.3) is 11.6 Å². The van der Waals surface area contributed by atoms with Gasteiger partial charge in [0, 0.05) is 0 Å². The van der Waals surface area contributed by atoms with Gasteiger partial charge in [0.1, 0.15) is 0 Å². The Bertz CT molecular complexity index is 694. The molecule has 0 saturated heterocycles. The van der Waals surface area contributed by atoms with Gasteiger partial charge in [-0.05, 0) is 48.8 Å². The highest BCUT2D eigenvalue weighted by Crippen LogP contribution is 2.19. The zero-order valence-corrected chi connectivity index (χ0v) is 12.6. The van der Waals surface area contributed by atoms with Crippen LogP contribution in [0.1, 0.15) is 27.2 Å². The molecule has 0 atom stereocenters. The Hall–Kier alpha value is -2.08. The average molecular weight is 262 g/mol. The number of hydrogen-bond acceptors (Lipinski definition) is 0. The SMILES string of the molecule is C=C(C)C1=CC/C(=C\C=c2ccc(=C(C)C)cc2)C=C1. The summed E-state index contributed by atoms with van der Waals surface area (Å²) >= 11 is 0. The van der Waals surface area contributed by atoms with Crippen LogP contribution in [0.4, 0.5) is 0 Å². The molecule has 0 radical (unpaired) electrons. The molecule has 0 unspecified atom stereocenters. The second-order valence-corrected chi connectivity index (χ2v) is 5.51. The summed E-state index contributed by atoms with van der Waals surface area (Å²) in [6.07, 6.45) is 11.9. The van der Waals surface area contributed by atoms with E-state index in [1.807, 2.05) is 6.92 Å². The van der Waals surface area contributed by atoms with Crippen LogP contribution in [-0.2, 0) is 0 Å². The molecule has 0 nitrogen and oxygen atoms in total. The van der Waals surface area contributed by atoms with Crippen molar-refractivity contribution < 1.29 is 0 Å². The quantitative estimate of drug-likeness (QED) is 0.754. The van der Waals surface area contributed by atoms with E-state index in [0.29, 0.717) is 0 Å². The number of hydrogen-bond donors (Lipinski definition) is 0. The predicted octanol–water partition coefficient (Wildman–Crippen LogP) is 4.05. The largest absolute Gasteiger partial charge is 0.0955 e. The van der Waals surface area contributed by atoms with Gasteiger partial charge in [0.2, 0.25) is 0 Å². The first-order valence-corrected chi connectivity index (χ1v) is 7.05. The molecule has 1 aromatic carbocycles. The molecule has 0 heterocycles. The maximum absolute atomic E-state index is 3.97. The van der Waals surface area contributed by atoms with Gasteiger partial charge < -0.3 is 0 Å². The summed E-state index contributed by atoms with van der Waals surface area (Å²) in [5.74, 6) is 0. The highest BCUT2D eigenvalue weighted by molar-refractivity contribution is 5.50. The third kappa shape index (κ3) is 3.71. The van der Waals surface area contributed by atoms with E-state index in [1.54, 1.807) is 0 Å². The first-order valence-electron chi connectivity index (χ1n) is 7.05. The van der Waals surface area contributed by atoms with Crippen LogP contribution in [0, 0.1) is 0 Å². The Morgan fingerprint density at radius 3 is 2.20 bits per heavy atom. The second-order valence-electron chi connectivity index (χ2n) is 5.51. The number of rotatable bonds is 2. The summed E-state index contributed by atoms with van der Waals surface area (Å²) in [6.45, 7) is 10.3. The highest BCUT2D eigenvalue weighted by Gasteiger charge is 2.00. The van der Waals surface area contributed by atoms with Crippen molar-refractivity contribution in [2.45, 2.75) is 27.2 Å². The van der Waals surface area contributed by atoms with Crippen LogP contribution in [0.3, 0.4) is 0 Å². The molecule has 0 spiro atoms. The van der Waals surface area contributed by atoms with Crippen LogP contribution in [0.2, 0.25) is 0 Å². The number of allylic oxidation sites excluding steroid dienone is 7. The lowest BCUT2D eigenvalue weighted by Crippen LogP contribution is -2.08. The minimum Gasteiger partial charge on any atom is -0.0955 e. The molecular weight excluding hydrogens is 240 g/mol. The molecule has 20 heavy (non-hydrogen) atoms. The molecule has 2 rings (SSSR count). The monoisotopic (exact) mass is 262 g/mol. The van der Waals surface area contributed by atoms with Crippen molar-refractivity contribution >= 4 is 11.6 Å². The van der Waals surface area contributed by atoms with Gasteiger partial charge in [-0.2, -0.15) is 0 Å². The Morgan fingerprint density at radius 1 is 1.00 bits per heavy atom. The molecule has 0 N–H and O–H groups in total. The van der Waals surface area contributed by atoms with E-state index in [0.717, 1.165) is 12.0 Å². The summed E-state index contributed by atoms with van der Waals surface area (Å²) in [7, 11) is 0. The van der Waals surface area contributed by atoms with Crippen LogP contribution < -0.4 is 10.4 Å². The van der Waals surface area contributed by atoms with Gasteiger partial charge in [0.05, 0.1) is 0 Å². The Kier molecular flexibility index (Phi) is 4.57. The standard InChI is InChI=1S/C20H22/c1-15(2)19-11-7-17(8-12-19)5-6-18-9-13-20(14-10-18)16(3)4/h5-7,9-14H,1,8H2,2-4H3/b17-5-. The van der Waals surface area contributed by atoms with Crippen molar-refractivity contribution in [3.63, 3.8) is 0 Å². The fraction of sp³-hybridized carbons (Fsp3) is 0.200. The van der Waals surface area contributed by atoms with Crippen LogP contribution in [0.5, 0.6) is 0 Å². The van der Waals surface area contributed by atoms with Gasteiger partial charge in [-0.3, -0.25) is 0 Å². The summed E-state index contributed by atoms with van der Waals surface area (Å²) in [6, 6.07) is 8.69. The van der Waals surface area contributed by atoms with E-state index in [9.17, 15) is 0 Å². The molecule has 0 saturated carbocycles. The predicted molar refractivity (Wildman–Crippen MR) is 89.7 cm³/mol. The first-order chi connectivity index (χ1) is 9.56. The van der Waals surface area contributed by atoms with Crippen LogP contribution in [0.15, 0.2) is 71.9 Å². The third-order valence-corrected chi connectivity index (χ3v) is 3.51. The van der Waals surface area contributed by atoms with E-state index in [-0.39, 0.29) is 0 Å². The summed E-state index contributed by atoms with van der Waals surface area (Å²) < 4.78 is 0. The van der Waals surface area contributed by atoms with Crippen molar-refractivity contribution in [3.8, 4) is 0 Å². The first kappa shape index (κ1) is 14.3. The van der Waals surface area contributed by atoms with Gasteiger partial charge in [0.25, 0.3) is 0 Å². The summed E-state index contributed by atoms with van der Waals surface area (Å²) in [4.78, 5) is 0. The fourth-order valence-corrected chi connectivity index (χ4v) is 2.13. The fourth-order valence-electron chi connectivity index (χ4n) is 2.13. The van der Waals surface area contributed by atoms with Crippen molar-refractivity contribution in [3.05, 3.63) is 82.3 Å². The van der Waals surface area contributed by atoms with E-state index in [1.165, 1.54) is 27.2 Å². The maximum Gasteiger partial charge on any atom is -0.00883 e. The molecule has 0 aromatic heterocycles. The molecule has 0 aliphatic heterocycles. The zero-order chi connectivity index (χ0) is 14.5. The smallest absolute Gasteiger partial charge is 0.00883 e. The highest BCUT2D eigenvalue weighted by atomic mass is 14.1. The van der Waals surface area contributed by atoms with Crippen molar-refractivity contribution in [2.24, 2.45) is 0 Å². The average Bonchev–Trinajstić information content (AvgIpc) is 2.46. The van der Waals surface area contributed by atoms with E-state index in [2.05, 4.69) is 75.1 Å². The lowest BCUT2D eigenvalue weighted by Gasteiger charge is -2.08. The van der Waals surface area contributed by atoms with Crippen molar-refractivity contribution in [1.82, 2.24) is 0 Å². The summed E-state index contributed by atoms with van der Waals surface area (Å²) in [5, 5.41) is 2.55. The van der Waals surface area contributed by atoms with Crippen molar-refractivity contribution in [1.29, 1.82) is 0 Å². The van der Waals surface area contributed by atoms with Crippen LogP contribution in [-0.4, -0.2) is 0 Å². The van der Waals surface area contributed by atoms with Gasteiger partial charge in [-0.25, -0.2) is 0 Å². The lowest BCUT2D eigenvalue weighted by atomic mass is 9.98. The second kappa shape index (κ2) is 6.38. The molecule has 1 aromatic rings. The molecule has 1 aliphatic rings. The molecule has 1 aliphatic carbocycles. The Labute approximate surface area is 121 Å². The molecule has 102 valence electrons. The minimum atomic E-state index is 0.981.